The second kappa shape index (κ2) is 10.6. The molecule has 2 N–H and O–H groups in total. The monoisotopic (exact) mass is 454 g/mol. The molecule has 0 atom stereocenters. The van der Waals surface area contributed by atoms with Gasteiger partial charge in [0.15, 0.2) is 5.78 Å². The van der Waals surface area contributed by atoms with Crippen molar-refractivity contribution < 1.29 is 27.9 Å². The Hall–Kier alpha value is -3.91. The quantitative estimate of drug-likeness (QED) is 0.383. The fraction of sp³-hybridized carbons (Fsp3) is 0.120. The standard InChI is InChI=1S/C25H21F3N2O3/c1-30(12-13-31)20-9-2-16(3-10-20)4-11-23(32)17-5-7-19(8-6-17)29-25(33)24-21(27)14-18(26)15-22(24)28/h2-11,14-15,31H,12-13H2,1H3,(H,29,33)/b11-4+. The van der Waals surface area contributed by atoms with Crippen LogP contribution in [0.15, 0.2) is 66.7 Å². The van der Waals surface area contributed by atoms with E-state index in [-0.39, 0.29) is 18.1 Å². The van der Waals surface area contributed by atoms with E-state index in [9.17, 15) is 22.8 Å². The molecule has 0 bridgehead atoms. The minimum Gasteiger partial charge on any atom is -0.395 e. The zero-order valence-electron chi connectivity index (χ0n) is 17.7. The van der Waals surface area contributed by atoms with E-state index in [0.717, 1.165) is 11.3 Å². The van der Waals surface area contributed by atoms with Crippen molar-refractivity contribution in [2.24, 2.45) is 0 Å². The van der Waals surface area contributed by atoms with Crippen molar-refractivity contribution in [2.45, 2.75) is 0 Å². The smallest absolute Gasteiger partial charge is 0.261 e. The molecule has 0 saturated heterocycles. The molecule has 0 aliphatic rings. The molecule has 5 nitrogen and oxygen atoms in total. The van der Waals surface area contributed by atoms with Crippen molar-refractivity contribution in [3.8, 4) is 0 Å². The molecule has 1 amide bonds. The zero-order chi connectivity index (χ0) is 24.0. The number of anilines is 2. The summed E-state index contributed by atoms with van der Waals surface area (Å²) < 4.78 is 40.5. The Kier molecular flexibility index (Phi) is 7.63. The lowest BCUT2D eigenvalue weighted by Gasteiger charge is -2.17. The Balaban J connectivity index is 1.64. The average Bonchev–Trinajstić information content (AvgIpc) is 2.77. The van der Waals surface area contributed by atoms with E-state index in [4.69, 9.17) is 5.11 Å². The van der Waals surface area contributed by atoms with Crippen LogP contribution in [0.1, 0.15) is 26.3 Å². The lowest BCUT2D eigenvalue weighted by atomic mass is 10.1. The van der Waals surface area contributed by atoms with Gasteiger partial charge in [-0.1, -0.05) is 18.2 Å². The normalized spacial score (nSPS) is 10.9. The van der Waals surface area contributed by atoms with Gasteiger partial charge in [-0.05, 0) is 48.0 Å². The third kappa shape index (κ3) is 6.08. The van der Waals surface area contributed by atoms with Crippen LogP contribution in [-0.2, 0) is 0 Å². The Morgan fingerprint density at radius 3 is 2.15 bits per heavy atom. The number of amides is 1. The number of nitrogens with zero attached hydrogens (tertiary/aromatic N) is 1. The number of carbonyl (C=O) groups excluding carboxylic acids is 2. The van der Waals surface area contributed by atoms with Gasteiger partial charge in [-0.25, -0.2) is 13.2 Å². The summed E-state index contributed by atoms with van der Waals surface area (Å²) in [6.07, 6.45) is 3.07. The predicted octanol–water partition coefficient (Wildman–Crippen LogP) is 4.68. The van der Waals surface area contributed by atoms with Crippen LogP contribution in [0, 0.1) is 17.5 Å². The maximum Gasteiger partial charge on any atom is 0.261 e. The minimum atomic E-state index is -1.31. The number of carbonyl (C=O) groups is 2. The summed E-state index contributed by atoms with van der Waals surface area (Å²) in [4.78, 5) is 26.5. The van der Waals surface area contributed by atoms with Gasteiger partial charge in [0.2, 0.25) is 0 Å². The van der Waals surface area contributed by atoms with Crippen molar-refractivity contribution >= 4 is 29.1 Å². The summed E-state index contributed by atoms with van der Waals surface area (Å²) in [7, 11) is 1.86. The summed E-state index contributed by atoms with van der Waals surface area (Å²) in [5.41, 5.74) is 1.42. The molecule has 0 fully saturated rings. The third-order valence-corrected chi connectivity index (χ3v) is 4.86. The van der Waals surface area contributed by atoms with Gasteiger partial charge in [-0.15, -0.1) is 0 Å². The number of hydrogen-bond acceptors (Lipinski definition) is 4. The number of likely N-dealkylation sites (N-methyl/N-ethyl adjacent to an activating group) is 1. The van der Waals surface area contributed by atoms with Crippen LogP contribution in [0.5, 0.6) is 0 Å². The van der Waals surface area contributed by atoms with E-state index in [1.165, 1.54) is 30.3 Å². The highest BCUT2D eigenvalue weighted by Gasteiger charge is 2.19. The molecular weight excluding hydrogens is 433 g/mol. The van der Waals surface area contributed by atoms with E-state index in [2.05, 4.69) is 5.32 Å². The first-order valence-corrected chi connectivity index (χ1v) is 9.99. The summed E-state index contributed by atoms with van der Waals surface area (Å²) in [5, 5.41) is 11.3. The van der Waals surface area contributed by atoms with E-state index >= 15 is 0 Å². The minimum absolute atomic E-state index is 0.0507. The van der Waals surface area contributed by atoms with E-state index in [0.29, 0.717) is 24.2 Å². The maximum absolute atomic E-state index is 13.7. The van der Waals surface area contributed by atoms with E-state index < -0.39 is 28.9 Å². The van der Waals surface area contributed by atoms with Gasteiger partial charge in [0.25, 0.3) is 5.91 Å². The van der Waals surface area contributed by atoms with Crippen molar-refractivity contribution in [3.05, 3.63) is 101 Å². The van der Waals surface area contributed by atoms with Crippen LogP contribution < -0.4 is 10.2 Å². The van der Waals surface area contributed by atoms with Crippen LogP contribution in [0.25, 0.3) is 6.08 Å². The van der Waals surface area contributed by atoms with Crippen LogP contribution in [-0.4, -0.2) is 37.0 Å². The Labute approximate surface area is 188 Å². The van der Waals surface area contributed by atoms with Crippen molar-refractivity contribution in [2.75, 3.05) is 30.4 Å². The predicted molar refractivity (Wildman–Crippen MR) is 121 cm³/mol. The van der Waals surface area contributed by atoms with Gasteiger partial charge in [-0.3, -0.25) is 9.59 Å². The molecule has 3 aromatic rings. The molecule has 0 saturated carbocycles. The molecule has 170 valence electrons. The fourth-order valence-corrected chi connectivity index (χ4v) is 3.06. The average molecular weight is 454 g/mol. The maximum atomic E-state index is 13.7. The fourth-order valence-electron chi connectivity index (χ4n) is 3.06. The van der Waals surface area contributed by atoms with Gasteiger partial charge in [0, 0.05) is 42.7 Å². The van der Waals surface area contributed by atoms with Crippen molar-refractivity contribution in [1.82, 2.24) is 0 Å². The van der Waals surface area contributed by atoms with Gasteiger partial charge in [0.1, 0.15) is 23.0 Å². The number of ketones is 1. The largest absolute Gasteiger partial charge is 0.395 e. The highest BCUT2D eigenvalue weighted by molar-refractivity contribution is 6.08. The molecule has 3 rings (SSSR count). The molecule has 8 heteroatoms. The van der Waals surface area contributed by atoms with Gasteiger partial charge in [-0.2, -0.15) is 0 Å². The van der Waals surface area contributed by atoms with Crippen LogP contribution in [0.3, 0.4) is 0 Å². The molecule has 0 spiro atoms. The molecule has 0 aromatic heterocycles. The number of nitrogens with one attached hydrogen (secondary N) is 1. The Bertz CT molecular complexity index is 1150. The Morgan fingerprint density at radius 2 is 1.58 bits per heavy atom. The number of aliphatic hydroxyl groups is 1. The lowest BCUT2D eigenvalue weighted by Crippen LogP contribution is -2.20. The number of allylic oxidation sites excluding steroid dienone is 1. The van der Waals surface area contributed by atoms with Gasteiger partial charge in [0.05, 0.1) is 6.61 Å². The zero-order valence-corrected chi connectivity index (χ0v) is 17.7. The summed E-state index contributed by atoms with van der Waals surface area (Å²) in [6, 6.07) is 14.1. The number of halogens is 3. The van der Waals surface area contributed by atoms with Crippen molar-refractivity contribution in [3.63, 3.8) is 0 Å². The summed E-state index contributed by atoms with van der Waals surface area (Å²) in [6.45, 7) is 0.563. The van der Waals surface area contributed by atoms with Crippen LogP contribution in [0.4, 0.5) is 24.5 Å². The SMILES string of the molecule is CN(CCO)c1ccc(/C=C/C(=O)c2ccc(NC(=O)c3c(F)cc(F)cc3F)cc2)cc1. The van der Waals surface area contributed by atoms with E-state index in [1.807, 2.05) is 36.2 Å². The first-order valence-electron chi connectivity index (χ1n) is 9.99. The lowest BCUT2D eigenvalue weighted by molar-refractivity contribution is 0.101. The van der Waals surface area contributed by atoms with E-state index in [1.54, 1.807) is 6.08 Å². The van der Waals surface area contributed by atoms with Gasteiger partial charge >= 0.3 is 0 Å². The number of hydrogen-bond donors (Lipinski definition) is 2. The van der Waals surface area contributed by atoms with Crippen molar-refractivity contribution in [1.29, 1.82) is 0 Å². The Morgan fingerprint density at radius 1 is 0.970 bits per heavy atom. The molecule has 33 heavy (non-hydrogen) atoms. The molecule has 0 heterocycles. The highest BCUT2D eigenvalue weighted by atomic mass is 19.1. The summed E-state index contributed by atoms with van der Waals surface area (Å²) >= 11 is 0. The first-order chi connectivity index (χ1) is 15.8. The molecule has 0 aliphatic carbocycles. The molecule has 0 aliphatic heterocycles. The number of aliphatic hydroxyl groups excluding tert-OH is 1. The summed E-state index contributed by atoms with van der Waals surface area (Å²) in [5.74, 6) is -5.09. The molecule has 0 unspecified atom stereocenters. The highest BCUT2D eigenvalue weighted by Crippen LogP contribution is 2.18. The topological polar surface area (TPSA) is 69.6 Å². The molecule has 3 aromatic carbocycles. The second-order valence-corrected chi connectivity index (χ2v) is 7.21. The molecule has 0 radical (unpaired) electrons. The number of rotatable bonds is 8. The van der Waals surface area contributed by atoms with Gasteiger partial charge < -0.3 is 15.3 Å². The number of benzene rings is 3. The van der Waals surface area contributed by atoms with Crippen LogP contribution in [0.2, 0.25) is 0 Å². The second-order valence-electron chi connectivity index (χ2n) is 7.21. The molecular formula is C25H21F3N2O3. The first kappa shape index (κ1) is 23.7. The third-order valence-electron chi connectivity index (χ3n) is 4.86. The van der Waals surface area contributed by atoms with Crippen LogP contribution >= 0.6 is 0 Å².